The van der Waals surface area contributed by atoms with E-state index in [4.69, 9.17) is 8.85 Å². The fraction of sp³-hybridized carbons (Fsp3) is 1.00. The summed E-state index contributed by atoms with van der Waals surface area (Å²) in [6.07, 6.45) is 6.67. The maximum atomic E-state index is 6.07. The van der Waals surface area contributed by atoms with Gasteiger partial charge in [-0.15, -0.1) is 0 Å². The minimum Gasteiger partial charge on any atom is -0.397 e. The van der Waals surface area contributed by atoms with E-state index in [0.29, 0.717) is 11.5 Å². The van der Waals surface area contributed by atoms with Gasteiger partial charge in [-0.05, 0) is 18.8 Å². The molecule has 3 heteroatoms. The van der Waals surface area contributed by atoms with Crippen LogP contribution in [0, 0.1) is 5.92 Å². The minimum absolute atomic E-state index is 0.165. The Morgan fingerprint density at radius 1 is 1.00 bits per heavy atom. The first-order chi connectivity index (χ1) is 7.92. The molecule has 1 saturated carbocycles. The van der Waals surface area contributed by atoms with Crippen LogP contribution in [0.1, 0.15) is 59.8 Å². The highest BCUT2D eigenvalue weighted by Crippen LogP contribution is 2.53. The molecule has 0 amide bonds. The first-order valence-corrected chi connectivity index (χ1v) is 8.92. The van der Waals surface area contributed by atoms with Crippen LogP contribution >= 0.6 is 0 Å². The molecule has 2 nitrogen and oxygen atoms in total. The van der Waals surface area contributed by atoms with Crippen LogP contribution in [-0.4, -0.2) is 22.8 Å². The topological polar surface area (TPSA) is 18.5 Å². The van der Waals surface area contributed by atoms with Crippen LogP contribution in [0.25, 0.3) is 0 Å². The summed E-state index contributed by atoms with van der Waals surface area (Å²) >= 11 is 0. The van der Waals surface area contributed by atoms with Gasteiger partial charge in [0.1, 0.15) is 0 Å². The molecular formula is C14H30O2Si. The molecule has 0 aromatic heterocycles. The Balaban J connectivity index is 3.02. The third-order valence-corrected chi connectivity index (χ3v) is 10.3. The smallest absolute Gasteiger partial charge is 0.346 e. The van der Waals surface area contributed by atoms with E-state index in [0.717, 1.165) is 0 Å². The van der Waals surface area contributed by atoms with E-state index < -0.39 is 8.56 Å². The second-order valence-corrected chi connectivity index (χ2v) is 10.5. The molecule has 1 fully saturated rings. The molecule has 0 spiro atoms. The second kappa shape index (κ2) is 5.85. The lowest BCUT2D eigenvalue weighted by Gasteiger charge is -2.49. The highest BCUT2D eigenvalue weighted by Gasteiger charge is 2.57. The molecule has 0 aliphatic heterocycles. The first kappa shape index (κ1) is 15.2. The van der Waals surface area contributed by atoms with Crippen molar-refractivity contribution in [1.29, 1.82) is 0 Å². The summed E-state index contributed by atoms with van der Waals surface area (Å²) in [4.78, 5) is 0. The van der Waals surface area contributed by atoms with Crippen molar-refractivity contribution < 1.29 is 8.85 Å². The average Bonchev–Trinajstić information content (AvgIpc) is 2.32. The molecule has 0 bridgehead atoms. The zero-order valence-corrected chi connectivity index (χ0v) is 13.5. The van der Waals surface area contributed by atoms with Crippen molar-refractivity contribution in [3.63, 3.8) is 0 Å². The maximum absolute atomic E-state index is 6.07. The van der Waals surface area contributed by atoms with Gasteiger partial charge in [0.2, 0.25) is 0 Å². The predicted octanol–water partition coefficient (Wildman–Crippen LogP) is 4.49. The van der Waals surface area contributed by atoms with Gasteiger partial charge in [0.05, 0.1) is 0 Å². The molecule has 0 N–H and O–H groups in total. The molecule has 1 rings (SSSR count). The van der Waals surface area contributed by atoms with Crippen LogP contribution < -0.4 is 0 Å². The number of hydrogen-bond acceptors (Lipinski definition) is 2. The van der Waals surface area contributed by atoms with Crippen molar-refractivity contribution >= 4 is 8.56 Å². The van der Waals surface area contributed by atoms with Gasteiger partial charge >= 0.3 is 8.56 Å². The Kier molecular flexibility index (Phi) is 5.23. The van der Waals surface area contributed by atoms with Crippen LogP contribution in [0.3, 0.4) is 0 Å². The molecule has 102 valence electrons. The Labute approximate surface area is 108 Å². The summed E-state index contributed by atoms with van der Waals surface area (Å²) in [5.41, 5.74) is 0.670. The monoisotopic (exact) mass is 258 g/mol. The van der Waals surface area contributed by atoms with E-state index in [2.05, 4.69) is 27.7 Å². The standard InChI is InChI=1S/C14H30O2Si/c1-12(2)14(3,4)17(15-5,16-6)13-10-8-7-9-11-13/h12-13H,7-11H2,1-6H3. The molecule has 17 heavy (non-hydrogen) atoms. The van der Waals surface area contributed by atoms with Crippen LogP contribution in [0.2, 0.25) is 10.6 Å². The number of hydrogen-bond donors (Lipinski definition) is 0. The lowest BCUT2D eigenvalue weighted by molar-refractivity contribution is 0.170. The quantitative estimate of drug-likeness (QED) is 0.676. The SMILES string of the molecule is CO[Si](OC)(C1CCCCC1)C(C)(C)C(C)C. The second-order valence-electron chi connectivity index (χ2n) is 6.29. The predicted molar refractivity (Wildman–Crippen MR) is 75.5 cm³/mol. The summed E-state index contributed by atoms with van der Waals surface area (Å²) < 4.78 is 12.1. The third-order valence-electron chi connectivity index (χ3n) is 5.09. The molecule has 0 saturated heterocycles. The van der Waals surface area contributed by atoms with Crippen LogP contribution in [-0.2, 0) is 8.85 Å². The highest BCUT2D eigenvalue weighted by molar-refractivity contribution is 6.72. The van der Waals surface area contributed by atoms with Gasteiger partial charge in [-0.25, -0.2) is 0 Å². The molecule has 1 aliphatic carbocycles. The lowest BCUT2D eigenvalue weighted by atomic mass is 9.98. The lowest BCUT2D eigenvalue weighted by Crippen LogP contribution is -2.56. The van der Waals surface area contributed by atoms with Gasteiger partial charge in [0.15, 0.2) is 0 Å². The fourth-order valence-electron chi connectivity index (χ4n) is 3.35. The Hall–Kier alpha value is 0.137. The number of rotatable bonds is 5. The molecule has 0 aromatic rings. The van der Waals surface area contributed by atoms with Gasteiger partial charge in [-0.2, -0.15) is 0 Å². The average molecular weight is 258 g/mol. The normalized spacial score (nSPS) is 19.9. The van der Waals surface area contributed by atoms with Crippen LogP contribution in [0.4, 0.5) is 0 Å². The van der Waals surface area contributed by atoms with E-state index >= 15 is 0 Å². The van der Waals surface area contributed by atoms with Crippen molar-refractivity contribution in [2.75, 3.05) is 14.2 Å². The molecule has 0 heterocycles. The molecular weight excluding hydrogens is 228 g/mol. The summed E-state index contributed by atoms with van der Waals surface area (Å²) in [6.45, 7) is 9.27. The Morgan fingerprint density at radius 2 is 1.47 bits per heavy atom. The fourth-order valence-corrected chi connectivity index (χ4v) is 8.26. The van der Waals surface area contributed by atoms with E-state index in [1.165, 1.54) is 32.1 Å². The van der Waals surface area contributed by atoms with E-state index in [9.17, 15) is 0 Å². The summed E-state index contributed by atoms with van der Waals surface area (Å²) in [5, 5.41) is 0.165. The zero-order valence-electron chi connectivity index (χ0n) is 12.5. The van der Waals surface area contributed by atoms with Crippen molar-refractivity contribution in [3.05, 3.63) is 0 Å². The van der Waals surface area contributed by atoms with Crippen molar-refractivity contribution in [2.24, 2.45) is 5.92 Å². The Morgan fingerprint density at radius 3 is 1.82 bits per heavy atom. The van der Waals surface area contributed by atoms with Crippen molar-refractivity contribution in [2.45, 2.75) is 70.4 Å². The van der Waals surface area contributed by atoms with E-state index in [-0.39, 0.29) is 5.04 Å². The van der Waals surface area contributed by atoms with E-state index in [1.54, 1.807) is 0 Å². The van der Waals surface area contributed by atoms with Crippen molar-refractivity contribution in [1.82, 2.24) is 0 Å². The molecule has 0 atom stereocenters. The Bertz CT molecular complexity index is 228. The minimum atomic E-state index is -2.13. The van der Waals surface area contributed by atoms with E-state index in [1.807, 2.05) is 14.2 Å². The summed E-state index contributed by atoms with van der Waals surface area (Å²) in [6, 6.07) is 0. The maximum Gasteiger partial charge on any atom is 0.346 e. The van der Waals surface area contributed by atoms with Gasteiger partial charge in [0, 0.05) is 24.8 Å². The van der Waals surface area contributed by atoms with Gasteiger partial charge < -0.3 is 8.85 Å². The van der Waals surface area contributed by atoms with Gasteiger partial charge in [0.25, 0.3) is 0 Å². The molecule has 0 aromatic carbocycles. The van der Waals surface area contributed by atoms with Gasteiger partial charge in [-0.1, -0.05) is 47.0 Å². The van der Waals surface area contributed by atoms with Crippen molar-refractivity contribution in [3.8, 4) is 0 Å². The summed E-state index contributed by atoms with van der Waals surface area (Å²) in [7, 11) is 1.61. The van der Waals surface area contributed by atoms with Crippen LogP contribution in [0.15, 0.2) is 0 Å². The van der Waals surface area contributed by atoms with Crippen LogP contribution in [0.5, 0.6) is 0 Å². The largest absolute Gasteiger partial charge is 0.397 e. The summed E-state index contributed by atoms with van der Waals surface area (Å²) in [5.74, 6) is 0.594. The molecule has 0 radical (unpaired) electrons. The molecule has 1 aliphatic rings. The molecule has 0 unspecified atom stereocenters. The highest BCUT2D eigenvalue weighted by atomic mass is 28.4. The first-order valence-electron chi connectivity index (χ1n) is 7.02. The third kappa shape index (κ3) is 2.61. The zero-order chi connectivity index (χ0) is 13.1. The van der Waals surface area contributed by atoms with Gasteiger partial charge in [-0.3, -0.25) is 0 Å².